The van der Waals surface area contributed by atoms with Gasteiger partial charge in [-0.25, -0.2) is 0 Å². The predicted octanol–water partition coefficient (Wildman–Crippen LogP) is 1.17. The van der Waals surface area contributed by atoms with E-state index in [0.717, 1.165) is 23.4 Å². The molecule has 0 aliphatic carbocycles. The number of carboxylic acids is 1. The number of carboxylic acid groups (broad SMARTS) is 1. The van der Waals surface area contributed by atoms with Crippen LogP contribution in [0.5, 0.6) is 0 Å². The van der Waals surface area contributed by atoms with Crippen molar-refractivity contribution in [1.29, 1.82) is 0 Å². The maximum Gasteiger partial charge on any atom is 0.317 e. The summed E-state index contributed by atoms with van der Waals surface area (Å²) in [5.41, 5.74) is 1.99. The lowest BCUT2D eigenvalue weighted by molar-refractivity contribution is -0.138. The van der Waals surface area contributed by atoms with Gasteiger partial charge in [-0.1, -0.05) is 12.1 Å². The topological polar surface area (TPSA) is 60.8 Å². The van der Waals surface area contributed by atoms with Gasteiger partial charge in [-0.2, -0.15) is 0 Å². The van der Waals surface area contributed by atoms with E-state index in [1.54, 1.807) is 11.8 Å². The molecule has 92 valence electrons. The highest BCUT2D eigenvalue weighted by molar-refractivity contribution is 7.99. The van der Waals surface area contributed by atoms with Gasteiger partial charge in [-0.3, -0.25) is 9.69 Å². The summed E-state index contributed by atoms with van der Waals surface area (Å²) in [6.07, 6.45) is 0. The zero-order chi connectivity index (χ0) is 12.3. The molecule has 1 aliphatic rings. The minimum Gasteiger partial charge on any atom is -0.480 e. The van der Waals surface area contributed by atoms with Crippen LogP contribution >= 0.6 is 11.8 Å². The molecule has 1 aromatic carbocycles. The molecule has 0 radical (unpaired) electrons. The van der Waals surface area contributed by atoms with E-state index in [2.05, 4.69) is 0 Å². The van der Waals surface area contributed by atoms with Crippen molar-refractivity contribution >= 4 is 17.7 Å². The molecule has 0 aromatic heterocycles. The van der Waals surface area contributed by atoms with Crippen LogP contribution < -0.4 is 0 Å². The Kier molecular flexibility index (Phi) is 4.04. The summed E-state index contributed by atoms with van der Waals surface area (Å²) in [6.45, 7) is 1.52. The first-order chi connectivity index (χ1) is 8.19. The van der Waals surface area contributed by atoms with Crippen molar-refractivity contribution in [3.05, 3.63) is 29.3 Å². The number of aliphatic hydroxyl groups excluding tert-OH is 1. The van der Waals surface area contributed by atoms with E-state index in [1.807, 2.05) is 23.1 Å². The third kappa shape index (κ3) is 3.21. The Labute approximate surface area is 104 Å². The number of fused-ring (bicyclic) bond motifs is 1. The van der Waals surface area contributed by atoms with Crippen LogP contribution in [-0.2, 0) is 17.9 Å². The quantitative estimate of drug-likeness (QED) is 0.847. The van der Waals surface area contributed by atoms with E-state index in [4.69, 9.17) is 10.2 Å². The second kappa shape index (κ2) is 5.53. The number of rotatable bonds is 3. The molecular formula is C12H15NO3S. The molecule has 5 heteroatoms. The SMILES string of the molecule is O=C(O)CN1CCSc2ccc(CO)cc2C1. The van der Waals surface area contributed by atoms with Crippen molar-refractivity contribution in [2.45, 2.75) is 18.0 Å². The predicted molar refractivity (Wildman–Crippen MR) is 66.0 cm³/mol. The second-order valence-corrected chi connectivity index (χ2v) is 5.19. The minimum absolute atomic E-state index is 0.0247. The highest BCUT2D eigenvalue weighted by Crippen LogP contribution is 2.28. The molecule has 1 aliphatic heterocycles. The van der Waals surface area contributed by atoms with E-state index in [1.165, 1.54) is 4.90 Å². The van der Waals surface area contributed by atoms with Crippen LogP contribution in [-0.4, -0.2) is 39.9 Å². The van der Waals surface area contributed by atoms with E-state index < -0.39 is 5.97 Å². The average Bonchev–Trinajstić information content (AvgIpc) is 2.48. The smallest absolute Gasteiger partial charge is 0.317 e. The van der Waals surface area contributed by atoms with Gasteiger partial charge >= 0.3 is 5.97 Å². The molecule has 1 aromatic rings. The average molecular weight is 253 g/mol. The number of hydrogen-bond donors (Lipinski definition) is 2. The highest BCUT2D eigenvalue weighted by atomic mass is 32.2. The van der Waals surface area contributed by atoms with E-state index in [0.29, 0.717) is 6.54 Å². The van der Waals surface area contributed by atoms with Gasteiger partial charge < -0.3 is 10.2 Å². The monoisotopic (exact) mass is 253 g/mol. The summed E-state index contributed by atoms with van der Waals surface area (Å²) in [6, 6.07) is 5.89. The van der Waals surface area contributed by atoms with Gasteiger partial charge in [0.2, 0.25) is 0 Å². The third-order valence-electron chi connectivity index (χ3n) is 2.73. The largest absolute Gasteiger partial charge is 0.480 e. The Morgan fingerprint density at radius 3 is 3.00 bits per heavy atom. The molecular weight excluding hydrogens is 238 g/mol. The summed E-state index contributed by atoms with van der Waals surface area (Å²) in [4.78, 5) is 13.8. The maximum atomic E-state index is 10.7. The fourth-order valence-corrected chi connectivity index (χ4v) is 2.97. The van der Waals surface area contributed by atoms with E-state index in [-0.39, 0.29) is 13.2 Å². The van der Waals surface area contributed by atoms with Gasteiger partial charge in [-0.15, -0.1) is 11.8 Å². The summed E-state index contributed by atoms with van der Waals surface area (Å²) >= 11 is 1.74. The molecule has 0 unspecified atom stereocenters. The van der Waals surface area contributed by atoms with Crippen molar-refractivity contribution in [3.63, 3.8) is 0 Å². The number of aliphatic carboxylic acids is 1. The van der Waals surface area contributed by atoms with Gasteiger partial charge in [-0.05, 0) is 17.2 Å². The Balaban J connectivity index is 2.19. The summed E-state index contributed by atoms with van der Waals surface area (Å²) in [5, 5.41) is 17.9. The molecule has 0 saturated heterocycles. The minimum atomic E-state index is -0.795. The zero-order valence-electron chi connectivity index (χ0n) is 9.43. The molecule has 0 amide bonds. The number of thioether (sulfide) groups is 1. The standard InChI is InChI=1S/C12H15NO3S/c14-8-9-1-2-11-10(5-9)6-13(3-4-17-11)7-12(15)16/h1-2,5,14H,3-4,6-8H2,(H,15,16). The fraction of sp³-hybridized carbons (Fsp3) is 0.417. The molecule has 17 heavy (non-hydrogen) atoms. The Hall–Kier alpha value is -1.04. The van der Waals surface area contributed by atoms with Crippen molar-refractivity contribution in [3.8, 4) is 0 Å². The summed E-state index contributed by atoms with van der Waals surface area (Å²) < 4.78 is 0. The molecule has 0 atom stereocenters. The Morgan fingerprint density at radius 2 is 2.29 bits per heavy atom. The zero-order valence-corrected chi connectivity index (χ0v) is 10.2. The third-order valence-corrected chi connectivity index (χ3v) is 3.82. The summed E-state index contributed by atoms with van der Waals surface area (Å²) in [5.74, 6) is 0.107. The molecule has 0 spiro atoms. The van der Waals surface area contributed by atoms with Crippen LogP contribution in [0.15, 0.2) is 23.1 Å². The van der Waals surface area contributed by atoms with Crippen molar-refractivity contribution in [2.24, 2.45) is 0 Å². The van der Waals surface area contributed by atoms with E-state index >= 15 is 0 Å². The van der Waals surface area contributed by atoms with Gasteiger partial charge in [0, 0.05) is 23.7 Å². The van der Waals surface area contributed by atoms with Gasteiger partial charge in [0.25, 0.3) is 0 Å². The van der Waals surface area contributed by atoms with Crippen molar-refractivity contribution in [1.82, 2.24) is 4.90 Å². The fourth-order valence-electron chi connectivity index (χ4n) is 1.93. The normalized spacial score (nSPS) is 16.3. The van der Waals surface area contributed by atoms with Crippen LogP contribution in [0.25, 0.3) is 0 Å². The molecule has 0 fully saturated rings. The molecule has 0 bridgehead atoms. The molecule has 2 N–H and O–H groups in total. The van der Waals surface area contributed by atoms with Crippen molar-refractivity contribution < 1.29 is 15.0 Å². The first kappa shape index (κ1) is 12.4. The number of aliphatic hydroxyl groups is 1. The van der Waals surface area contributed by atoms with Gasteiger partial charge in [0.1, 0.15) is 0 Å². The Bertz CT molecular complexity index is 422. The van der Waals surface area contributed by atoms with Crippen LogP contribution in [0.1, 0.15) is 11.1 Å². The van der Waals surface area contributed by atoms with E-state index in [9.17, 15) is 4.79 Å². The Morgan fingerprint density at radius 1 is 1.47 bits per heavy atom. The molecule has 1 heterocycles. The lowest BCUT2D eigenvalue weighted by Crippen LogP contribution is -2.30. The first-order valence-electron chi connectivity index (χ1n) is 5.48. The van der Waals surface area contributed by atoms with Crippen LogP contribution in [0.4, 0.5) is 0 Å². The number of benzene rings is 1. The number of nitrogens with zero attached hydrogens (tertiary/aromatic N) is 1. The maximum absolute atomic E-state index is 10.7. The molecule has 4 nitrogen and oxygen atoms in total. The molecule has 2 rings (SSSR count). The number of carbonyl (C=O) groups is 1. The van der Waals surface area contributed by atoms with Gasteiger partial charge in [0.15, 0.2) is 0 Å². The van der Waals surface area contributed by atoms with Crippen LogP contribution in [0.2, 0.25) is 0 Å². The van der Waals surface area contributed by atoms with Crippen molar-refractivity contribution in [2.75, 3.05) is 18.8 Å². The lowest BCUT2D eigenvalue weighted by Gasteiger charge is -2.17. The molecule has 0 saturated carbocycles. The summed E-state index contributed by atoms with van der Waals surface area (Å²) in [7, 11) is 0. The van der Waals surface area contributed by atoms with Crippen LogP contribution in [0.3, 0.4) is 0 Å². The first-order valence-corrected chi connectivity index (χ1v) is 6.47. The highest BCUT2D eigenvalue weighted by Gasteiger charge is 2.16. The van der Waals surface area contributed by atoms with Gasteiger partial charge in [0.05, 0.1) is 13.2 Å². The number of hydrogen-bond acceptors (Lipinski definition) is 4. The second-order valence-electron chi connectivity index (χ2n) is 4.05. The van der Waals surface area contributed by atoms with Crippen LogP contribution in [0, 0.1) is 0 Å². The lowest BCUT2D eigenvalue weighted by atomic mass is 10.1.